The summed E-state index contributed by atoms with van der Waals surface area (Å²) in [5.41, 5.74) is 6.55. The van der Waals surface area contributed by atoms with Gasteiger partial charge >= 0.3 is 6.09 Å². The highest BCUT2D eigenvalue weighted by molar-refractivity contribution is 5.81. The van der Waals surface area contributed by atoms with Crippen LogP contribution in [0.1, 0.15) is 25.3 Å². The van der Waals surface area contributed by atoms with Crippen LogP contribution in [0, 0.1) is 0 Å². The van der Waals surface area contributed by atoms with E-state index in [0.29, 0.717) is 13.1 Å². The maximum absolute atomic E-state index is 11.8. The lowest BCUT2D eigenvalue weighted by Crippen LogP contribution is -2.50. The van der Waals surface area contributed by atoms with Crippen LogP contribution in [0.25, 0.3) is 0 Å². The number of carbonyl (C=O) groups is 2. The largest absolute Gasteiger partial charge is 0.445 e. The molecule has 1 aliphatic heterocycles. The Morgan fingerprint density at radius 1 is 1.32 bits per heavy atom. The normalized spacial score (nSPS) is 16.9. The van der Waals surface area contributed by atoms with Crippen molar-refractivity contribution in [3.63, 3.8) is 0 Å². The van der Waals surface area contributed by atoms with E-state index in [0.717, 1.165) is 18.4 Å². The number of piperidine rings is 1. The van der Waals surface area contributed by atoms with E-state index in [4.69, 9.17) is 10.5 Å². The highest BCUT2D eigenvalue weighted by Crippen LogP contribution is 2.11. The van der Waals surface area contributed by atoms with Crippen LogP contribution in [-0.4, -0.2) is 42.1 Å². The van der Waals surface area contributed by atoms with Crippen molar-refractivity contribution in [3.05, 3.63) is 35.9 Å². The fourth-order valence-corrected chi connectivity index (χ4v) is 2.46. The Kier molecular flexibility index (Phi) is 5.77. The monoisotopic (exact) mass is 305 g/mol. The minimum atomic E-state index is -0.472. The van der Waals surface area contributed by atoms with Gasteiger partial charge in [0.1, 0.15) is 6.61 Å². The first-order chi connectivity index (χ1) is 10.6. The third-order valence-electron chi connectivity index (χ3n) is 3.73. The van der Waals surface area contributed by atoms with E-state index in [1.54, 1.807) is 11.8 Å². The molecule has 1 aromatic rings. The first-order valence-corrected chi connectivity index (χ1v) is 7.58. The predicted molar refractivity (Wildman–Crippen MR) is 83.0 cm³/mol. The fraction of sp³-hybridized carbons (Fsp3) is 0.500. The summed E-state index contributed by atoms with van der Waals surface area (Å²) in [6.45, 7) is 3.18. The zero-order chi connectivity index (χ0) is 15.9. The van der Waals surface area contributed by atoms with Gasteiger partial charge in [0.15, 0.2) is 0 Å². The van der Waals surface area contributed by atoms with Gasteiger partial charge in [-0.1, -0.05) is 30.3 Å². The molecule has 2 amide bonds. The Bertz CT molecular complexity index is 497. The third-order valence-corrected chi connectivity index (χ3v) is 3.73. The first kappa shape index (κ1) is 16.3. The molecule has 22 heavy (non-hydrogen) atoms. The highest BCUT2D eigenvalue weighted by Gasteiger charge is 2.25. The molecule has 2 rings (SSSR count). The Labute approximate surface area is 130 Å². The van der Waals surface area contributed by atoms with Gasteiger partial charge in [0, 0.05) is 19.1 Å². The van der Waals surface area contributed by atoms with Gasteiger partial charge in [-0.25, -0.2) is 4.79 Å². The Morgan fingerprint density at radius 3 is 2.55 bits per heavy atom. The Balaban J connectivity index is 1.69. The van der Waals surface area contributed by atoms with Crippen LogP contribution in [0.15, 0.2) is 30.3 Å². The summed E-state index contributed by atoms with van der Waals surface area (Å²) in [5, 5.41) is 2.85. The second kappa shape index (κ2) is 7.79. The number of likely N-dealkylation sites (tertiary alicyclic amines) is 1. The maximum atomic E-state index is 11.8. The molecule has 1 heterocycles. The fourth-order valence-electron chi connectivity index (χ4n) is 2.46. The van der Waals surface area contributed by atoms with Crippen LogP contribution in [0.2, 0.25) is 0 Å². The van der Waals surface area contributed by atoms with Gasteiger partial charge < -0.3 is 20.7 Å². The Morgan fingerprint density at radius 2 is 1.95 bits per heavy atom. The molecule has 1 atom stereocenters. The molecule has 0 radical (unpaired) electrons. The minimum absolute atomic E-state index is 0.0369. The van der Waals surface area contributed by atoms with E-state index in [9.17, 15) is 9.59 Å². The van der Waals surface area contributed by atoms with E-state index >= 15 is 0 Å². The molecule has 0 unspecified atom stereocenters. The van der Waals surface area contributed by atoms with Crippen molar-refractivity contribution in [1.29, 1.82) is 0 Å². The predicted octanol–water partition coefficient (Wildman–Crippen LogP) is 1.25. The SMILES string of the molecule is C[C@H](N)C(=O)N1CCC(NC(=O)OCc2ccccc2)CC1. The van der Waals surface area contributed by atoms with E-state index in [-0.39, 0.29) is 18.6 Å². The van der Waals surface area contributed by atoms with Gasteiger partial charge in [0.25, 0.3) is 0 Å². The van der Waals surface area contributed by atoms with Gasteiger partial charge in [0.05, 0.1) is 6.04 Å². The van der Waals surface area contributed by atoms with Crippen LogP contribution in [0.5, 0.6) is 0 Å². The summed E-state index contributed by atoms with van der Waals surface area (Å²) in [4.78, 5) is 25.3. The molecule has 6 heteroatoms. The summed E-state index contributed by atoms with van der Waals surface area (Å²) in [6, 6.07) is 9.11. The quantitative estimate of drug-likeness (QED) is 0.877. The standard InChI is InChI=1S/C16H23N3O3/c1-12(17)15(20)19-9-7-14(8-10-19)18-16(21)22-11-13-5-3-2-4-6-13/h2-6,12,14H,7-11,17H2,1H3,(H,18,21)/t12-/m0/s1. The molecular formula is C16H23N3O3. The number of hydrogen-bond donors (Lipinski definition) is 2. The number of nitrogens with one attached hydrogen (secondary N) is 1. The van der Waals surface area contributed by atoms with E-state index in [1.165, 1.54) is 0 Å². The maximum Gasteiger partial charge on any atom is 0.407 e. The van der Waals surface area contributed by atoms with Gasteiger partial charge in [0.2, 0.25) is 5.91 Å². The van der Waals surface area contributed by atoms with Crippen molar-refractivity contribution >= 4 is 12.0 Å². The molecule has 1 saturated heterocycles. The van der Waals surface area contributed by atoms with Crippen molar-refractivity contribution in [1.82, 2.24) is 10.2 Å². The van der Waals surface area contributed by atoms with E-state index in [1.807, 2.05) is 30.3 Å². The number of ether oxygens (including phenoxy) is 1. The lowest BCUT2D eigenvalue weighted by Gasteiger charge is -2.33. The number of nitrogens with two attached hydrogens (primary N) is 1. The number of rotatable bonds is 4. The molecular weight excluding hydrogens is 282 g/mol. The van der Waals surface area contributed by atoms with Crippen LogP contribution in [0.3, 0.4) is 0 Å². The summed E-state index contributed by atoms with van der Waals surface area (Å²) in [6.07, 6.45) is 1.03. The van der Waals surface area contributed by atoms with Crippen molar-refractivity contribution in [2.24, 2.45) is 5.73 Å². The molecule has 120 valence electrons. The second-order valence-corrected chi connectivity index (χ2v) is 5.59. The van der Waals surface area contributed by atoms with E-state index in [2.05, 4.69) is 5.32 Å². The van der Waals surface area contributed by atoms with Gasteiger partial charge in [-0.15, -0.1) is 0 Å². The number of alkyl carbamates (subject to hydrolysis) is 1. The lowest BCUT2D eigenvalue weighted by atomic mass is 10.0. The summed E-state index contributed by atoms with van der Waals surface area (Å²) < 4.78 is 5.19. The van der Waals surface area contributed by atoms with Crippen LogP contribution >= 0.6 is 0 Å². The van der Waals surface area contributed by atoms with Crippen LogP contribution in [0.4, 0.5) is 4.79 Å². The lowest BCUT2D eigenvalue weighted by molar-refractivity contribution is -0.133. The molecule has 1 aliphatic rings. The average molecular weight is 305 g/mol. The third kappa shape index (κ3) is 4.73. The van der Waals surface area contributed by atoms with E-state index < -0.39 is 12.1 Å². The van der Waals surface area contributed by atoms with Crippen LogP contribution < -0.4 is 11.1 Å². The highest BCUT2D eigenvalue weighted by atomic mass is 16.5. The molecule has 0 aromatic heterocycles. The molecule has 0 spiro atoms. The molecule has 0 aliphatic carbocycles. The summed E-state index contributed by atoms with van der Waals surface area (Å²) in [5.74, 6) is -0.0369. The molecule has 6 nitrogen and oxygen atoms in total. The average Bonchev–Trinajstić information content (AvgIpc) is 2.54. The zero-order valence-corrected chi connectivity index (χ0v) is 12.8. The molecule has 1 aromatic carbocycles. The number of hydrogen-bond acceptors (Lipinski definition) is 4. The number of nitrogens with zero attached hydrogens (tertiary/aromatic N) is 1. The molecule has 0 saturated carbocycles. The van der Waals surface area contributed by atoms with Crippen LogP contribution in [-0.2, 0) is 16.1 Å². The molecule has 1 fully saturated rings. The molecule has 3 N–H and O–H groups in total. The van der Waals surface area contributed by atoms with Gasteiger partial charge in [-0.3, -0.25) is 4.79 Å². The topological polar surface area (TPSA) is 84.7 Å². The first-order valence-electron chi connectivity index (χ1n) is 7.58. The van der Waals surface area contributed by atoms with Crippen molar-refractivity contribution in [2.45, 2.75) is 38.5 Å². The van der Waals surface area contributed by atoms with Crippen molar-refractivity contribution < 1.29 is 14.3 Å². The van der Waals surface area contributed by atoms with Gasteiger partial charge in [-0.2, -0.15) is 0 Å². The number of carbonyl (C=O) groups excluding carboxylic acids is 2. The Hall–Kier alpha value is -2.08. The number of amides is 2. The van der Waals surface area contributed by atoms with Crippen molar-refractivity contribution in [3.8, 4) is 0 Å². The minimum Gasteiger partial charge on any atom is -0.445 e. The smallest absolute Gasteiger partial charge is 0.407 e. The summed E-state index contributed by atoms with van der Waals surface area (Å²) in [7, 11) is 0. The zero-order valence-electron chi connectivity index (χ0n) is 12.8. The van der Waals surface area contributed by atoms with Gasteiger partial charge in [-0.05, 0) is 25.3 Å². The second-order valence-electron chi connectivity index (χ2n) is 5.59. The number of benzene rings is 1. The molecule has 0 bridgehead atoms. The summed E-state index contributed by atoms with van der Waals surface area (Å²) >= 11 is 0. The van der Waals surface area contributed by atoms with Crippen molar-refractivity contribution in [2.75, 3.05) is 13.1 Å².